The molecule has 3 rings (SSSR count). The summed E-state index contributed by atoms with van der Waals surface area (Å²) >= 11 is 0. The molecule has 0 fully saturated rings. The van der Waals surface area contributed by atoms with E-state index in [9.17, 15) is 4.79 Å². The lowest BCUT2D eigenvalue weighted by molar-refractivity contribution is 0.101. The van der Waals surface area contributed by atoms with E-state index in [1.807, 2.05) is 49.4 Å². The van der Waals surface area contributed by atoms with Crippen LogP contribution in [0.4, 0.5) is 11.4 Å². The van der Waals surface area contributed by atoms with E-state index in [1.54, 1.807) is 6.92 Å². The predicted octanol–water partition coefficient (Wildman–Crippen LogP) is 6.84. The van der Waals surface area contributed by atoms with Crippen molar-refractivity contribution in [2.24, 2.45) is 10.2 Å². The minimum atomic E-state index is 0.0659. The Morgan fingerprint density at radius 2 is 1.69 bits per heavy atom. The first-order valence-electron chi connectivity index (χ1n) is 8.79. The van der Waals surface area contributed by atoms with E-state index in [1.165, 1.54) is 5.56 Å². The van der Waals surface area contributed by atoms with Crippen LogP contribution in [0.5, 0.6) is 0 Å². The number of hydrogen-bond acceptors (Lipinski definition) is 3. The molecule has 0 aliphatic carbocycles. The molecule has 0 bridgehead atoms. The largest absolute Gasteiger partial charge is 0.295 e. The van der Waals surface area contributed by atoms with Gasteiger partial charge in [0.25, 0.3) is 0 Å². The highest BCUT2D eigenvalue weighted by molar-refractivity contribution is 5.94. The van der Waals surface area contributed by atoms with Gasteiger partial charge in [0.2, 0.25) is 0 Å². The van der Waals surface area contributed by atoms with Gasteiger partial charge < -0.3 is 0 Å². The van der Waals surface area contributed by atoms with E-state index in [-0.39, 0.29) is 5.78 Å². The minimum absolute atomic E-state index is 0.0659. The number of aryl methyl sites for hydroxylation is 2. The lowest BCUT2D eigenvalue weighted by atomic mass is 10.00. The molecule has 3 aromatic rings. The highest BCUT2D eigenvalue weighted by Gasteiger charge is 2.07. The Labute approximate surface area is 154 Å². The molecule has 3 nitrogen and oxygen atoms in total. The van der Waals surface area contributed by atoms with Gasteiger partial charge in [0.05, 0.1) is 11.4 Å². The topological polar surface area (TPSA) is 41.8 Å². The fourth-order valence-corrected chi connectivity index (χ4v) is 2.80. The van der Waals surface area contributed by atoms with Gasteiger partial charge >= 0.3 is 0 Å². The van der Waals surface area contributed by atoms with Crippen molar-refractivity contribution in [3.8, 4) is 11.1 Å². The van der Waals surface area contributed by atoms with Crippen molar-refractivity contribution in [2.75, 3.05) is 0 Å². The maximum Gasteiger partial charge on any atom is 0.159 e. The molecule has 130 valence electrons. The summed E-state index contributed by atoms with van der Waals surface area (Å²) < 4.78 is 0. The Bertz CT molecular complexity index is 956. The number of hydrogen-bond donors (Lipinski definition) is 0. The minimum Gasteiger partial charge on any atom is -0.295 e. The number of carbonyl (C=O) groups excluding carboxylic acids is 1. The molecule has 0 heterocycles. The Hall–Kier alpha value is -3.07. The van der Waals surface area contributed by atoms with Crippen LogP contribution in [0.15, 0.2) is 77.0 Å². The zero-order chi connectivity index (χ0) is 18.5. The first-order chi connectivity index (χ1) is 12.6. The third-order valence-corrected chi connectivity index (χ3v) is 4.35. The SMILES string of the molecule is CCc1cccc(N=Nc2cc(C)ccc2-c2ccc(C(C)=O)cc2)c1. The summed E-state index contributed by atoms with van der Waals surface area (Å²) in [6.07, 6.45) is 0.974. The van der Waals surface area contributed by atoms with Crippen molar-refractivity contribution in [3.05, 3.63) is 83.4 Å². The Morgan fingerprint density at radius 1 is 0.923 bits per heavy atom. The standard InChI is InChI=1S/C23H22N2O/c1-4-18-6-5-7-21(15-18)24-25-23-14-16(2)8-13-22(23)20-11-9-19(10-12-20)17(3)26/h5-15H,4H2,1-3H3. The summed E-state index contributed by atoms with van der Waals surface area (Å²) in [4.78, 5) is 11.5. The number of carbonyl (C=O) groups is 1. The maximum absolute atomic E-state index is 11.5. The van der Waals surface area contributed by atoms with Crippen LogP contribution < -0.4 is 0 Å². The summed E-state index contributed by atoms with van der Waals surface area (Å²) in [5.41, 5.74) is 6.77. The quantitative estimate of drug-likeness (QED) is 0.369. The van der Waals surface area contributed by atoms with E-state index in [0.29, 0.717) is 5.56 Å². The molecule has 0 spiro atoms. The lowest BCUT2D eigenvalue weighted by Crippen LogP contribution is -1.91. The Morgan fingerprint density at radius 3 is 2.38 bits per heavy atom. The monoisotopic (exact) mass is 342 g/mol. The van der Waals surface area contributed by atoms with Crippen LogP contribution in [0.1, 0.15) is 35.3 Å². The zero-order valence-corrected chi connectivity index (χ0v) is 15.4. The molecule has 3 heteroatoms. The lowest BCUT2D eigenvalue weighted by Gasteiger charge is -2.07. The molecule has 0 aliphatic heterocycles. The van der Waals surface area contributed by atoms with Crippen LogP contribution in [0.2, 0.25) is 0 Å². The molecule has 0 radical (unpaired) electrons. The van der Waals surface area contributed by atoms with Crippen LogP contribution in [0, 0.1) is 6.92 Å². The van der Waals surface area contributed by atoms with Crippen molar-refractivity contribution in [3.63, 3.8) is 0 Å². The molecule has 0 aromatic heterocycles. The van der Waals surface area contributed by atoms with Gasteiger partial charge in [-0.2, -0.15) is 5.11 Å². The van der Waals surface area contributed by atoms with Crippen LogP contribution in [-0.4, -0.2) is 5.78 Å². The number of benzene rings is 3. The van der Waals surface area contributed by atoms with E-state index < -0.39 is 0 Å². The zero-order valence-electron chi connectivity index (χ0n) is 15.4. The fraction of sp³-hybridized carbons (Fsp3) is 0.174. The third-order valence-electron chi connectivity index (χ3n) is 4.35. The molecule has 0 aliphatic rings. The molecule has 0 saturated carbocycles. The summed E-state index contributed by atoms with van der Waals surface area (Å²) in [6, 6.07) is 21.9. The predicted molar refractivity (Wildman–Crippen MR) is 107 cm³/mol. The summed E-state index contributed by atoms with van der Waals surface area (Å²) in [7, 11) is 0. The average Bonchev–Trinajstić information content (AvgIpc) is 2.66. The smallest absolute Gasteiger partial charge is 0.159 e. The molecule has 3 aromatic carbocycles. The van der Waals surface area contributed by atoms with Crippen LogP contribution in [-0.2, 0) is 6.42 Å². The van der Waals surface area contributed by atoms with Crippen molar-refractivity contribution in [1.82, 2.24) is 0 Å². The van der Waals surface area contributed by atoms with Crippen molar-refractivity contribution >= 4 is 17.2 Å². The summed E-state index contributed by atoms with van der Waals surface area (Å²) in [5.74, 6) is 0.0659. The van der Waals surface area contributed by atoms with Gasteiger partial charge in [-0.1, -0.05) is 55.5 Å². The van der Waals surface area contributed by atoms with Crippen LogP contribution in [0.3, 0.4) is 0 Å². The average molecular weight is 342 g/mol. The molecular weight excluding hydrogens is 320 g/mol. The summed E-state index contributed by atoms with van der Waals surface area (Å²) in [5, 5.41) is 8.93. The van der Waals surface area contributed by atoms with Gasteiger partial charge in [0, 0.05) is 11.1 Å². The van der Waals surface area contributed by atoms with Crippen LogP contribution >= 0.6 is 0 Å². The molecule has 0 atom stereocenters. The number of ketones is 1. The second-order valence-electron chi connectivity index (χ2n) is 6.38. The highest BCUT2D eigenvalue weighted by atomic mass is 16.1. The van der Waals surface area contributed by atoms with E-state index in [0.717, 1.165) is 34.5 Å². The van der Waals surface area contributed by atoms with Gasteiger partial charge in [0.1, 0.15) is 0 Å². The fourth-order valence-electron chi connectivity index (χ4n) is 2.80. The van der Waals surface area contributed by atoms with Gasteiger partial charge in [-0.05, 0) is 55.2 Å². The normalized spacial score (nSPS) is 11.0. The van der Waals surface area contributed by atoms with Gasteiger partial charge in [-0.25, -0.2) is 0 Å². The second kappa shape index (κ2) is 7.87. The molecule has 0 saturated heterocycles. The molecule has 0 unspecified atom stereocenters. The van der Waals surface area contributed by atoms with Gasteiger partial charge in [-0.3, -0.25) is 4.79 Å². The van der Waals surface area contributed by atoms with E-state index >= 15 is 0 Å². The van der Waals surface area contributed by atoms with Crippen molar-refractivity contribution in [1.29, 1.82) is 0 Å². The summed E-state index contributed by atoms with van der Waals surface area (Å²) in [6.45, 7) is 5.74. The van der Waals surface area contributed by atoms with Crippen LogP contribution in [0.25, 0.3) is 11.1 Å². The Kier molecular flexibility index (Phi) is 5.37. The molecule has 0 N–H and O–H groups in total. The highest BCUT2D eigenvalue weighted by Crippen LogP contribution is 2.32. The number of azo groups is 1. The second-order valence-corrected chi connectivity index (χ2v) is 6.38. The molecule has 0 amide bonds. The Balaban J connectivity index is 1.97. The number of nitrogens with zero attached hydrogens (tertiary/aromatic N) is 2. The van der Waals surface area contributed by atoms with Crippen molar-refractivity contribution in [2.45, 2.75) is 27.2 Å². The number of Topliss-reactive ketones (excluding diaryl/α,β-unsaturated/α-hetero) is 1. The number of rotatable bonds is 5. The van der Waals surface area contributed by atoms with Gasteiger partial charge in [0.15, 0.2) is 5.78 Å². The van der Waals surface area contributed by atoms with Gasteiger partial charge in [-0.15, -0.1) is 5.11 Å². The first kappa shape index (κ1) is 17.7. The third kappa shape index (κ3) is 4.12. The van der Waals surface area contributed by atoms with E-state index in [2.05, 4.69) is 41.4 Å². The maximum atomic E-state index is 11.5. The first-order valence-corrected chi connectivity index (χ1v) is 8.79. The van der Waals surface area contributed by atoms with E-state index in [4.69, 9.17) is 0 Å². The molecular formula is C23H22N2O. The van der Waals surface area contributed by atoms with Crippen molar-refractivity contribution < 1.29 is 4.79 Å². The molecule has 26 heavy (non-hydrogen) atoms.